The number of nitrogens with zero attached hydrogens (tertiary/aromatic N) is 2. The van der Waals surface area contributed by atoms with Crippen molar-refractivity contribution in [1.29, 1.82) is 5.41 Å². The number of rotatable bonds is 4. The van der Waals surface area contributed by atoms with Gasteiger partial charge >= 0.3 is 12.5 Å². The molecule has 0 atom stereocenters. The van der Waals surface area contributed by atoms with Gasteiger partial charge in [-0.15, -0.1) is 13.2 Å². The second kappa shape index (κ2) is 9.76. The molecule has 3 rings (SSSR count). The van der Waals surface area contributed by atoms with Crippen LogP contribution in [0.15, 0.2) is 81.6 Å². The van der Waals surface area contributed by atoms with Crippen LogP contribution in [0.1, 0.15) is 12.8 Å². The number of hydrogen-bond acceptors (Lipinski definition) is 5. The summed E-state index contributed by atoms with van der Waals surface area (Å²) in [6, 6.07) is 4.82. The van der Waals surface area contributed by atoms with E-state index in [-0.39, 0.29) is 22.9 Å². The molecule has 12 heteroatoms. The van der Waals surface area contributed by atoms with Crippen LogP contribution < -0.4 is 15.4 Å². The van der Waals surface area contributed by atoms with Crippen molar-refractivity contribution in [2.24, 2.45) is 9.98 Å². The van der Waals surface area contributed by atoms with E-state index in [0.717, 1.165) is 30.6 Å². The summed E-state index contributed by atoms with van der Waals surface area (Å²) < 4.78 is 80.2. The summed E-state index contributed by atoms with van der Waals surface area (Å²) in [6.07, 6.45) is -1.22. The van der Waals surface area contributed by atoms with Gasteiger partial charge in [0.05, 0.1) is 11.1 Å². The third kappa shape index (κ3) is 7.09. The van der Waals surface area contributed by atoms with Crippen LogP contribution >= 0.6 is 0 Å². The van der Waals surface area contributed by atoms with Gasteiger partial charge in [0.15, 0.2) is 5.84 Å². The Bertz CT molecular complexity index is 1080. The Morgan fingerprint density at radius 3 is 2.45 bits per heavy atom. The number of benzene rings is 1. The molecule has 0 saturated heterocycles. The fourth-order valence-corrected chi connectivity index (χ4v) is 2.78. The standard InChI is InChI=1S/C21H17F6N5O/c22-20(23,24)13-4-2-1-3-5-15(10-13)29-11-17-18(28)30-12-31-19(17)32-14-6-8-16(9-7-14)33-21(25,26)27/h1-2,4,6-12,29H,3,5H2,(H2,28,30,31,32)/b2-1-,13-4+,15-10+,17-11+. The highest BCUT2D eigenvalue weighted by Gasteiger charge is 2.32. The predicted molar refractivity (Wildman–Crippen MR) is 112 cm³/mol. The minimum absolute atomic E-state index is 0.130. The molecule has 0 fully saturated rings. The van der Waals surface area contributed by atoms with Gasteiger partial charge in [0.25, 0.3) is 0 Å². The van der Waals surface area contributed by atoms with E-state index in [9.17, 15) is 26.3 Å². The second-order valence-corrected chi connectivity index (χ2v) is 6.73. The number of anilines is 1. The molecular formula is C21H17F6N5O. The van der Waals surface area contributed by atoms with Crippen LogP contribution in [-0.2, 0) is 0 Å². The summed E-state index contributed by atoms with van der Waals surface area (Å²) in [5.74, 6) is -0.496. The van der Waals surface area contributed by atoms with Gasteiger partial charge in [-0.1, -0.05) is 18.2 Å². The van der Waals surface area contributed by atoms with Crippen LogP contribution in [0.2, 0.25) is 0 Å². The third-order valence-corrected chi connectivity index (χ3v) is 4.29. The lowest BCUT2D eigenvalue weighted by molar-refractivity contribution is -0.274. The quantitative estimate of drug-likeness (QED) is 0.502. The summed E-state index contributed by atoms with van der Waals surface area (Å²) in [5, 5.41) is 13.6. The maximum Gasteiger partial charge on any atom is 0.573 e. The van der Waals surface area contributed by atoms with Crippen molar-refractivity contribution in [3.63, 3.8) is 0 Å². The predicted octanol–water partition coefficient (Wildman–Crippen LogP) is 5.61. The van der Waals surface area contributed by atoms with E-state index >= 15 is 0 Å². The Hall–Kier alpha value is -3.83. The molecule has 174 valence electrons. The molecule has 3 N–H and O–H groups in total. The first kappa shape index (κ1) is 23.8. The van der Waals surface area contributed by atoms with Crippen LogP contribution in [0, 0.1) is 5.41 Å². The van der Waals surface area contributed by atoms with Gasteiger partial charge in [-0.25, -0.2) is 9.98 Å². The highest BCUT2D eigenvalue weighted by Crippen LogP contribution is 2.29. The Balaban J connectivity index is 1.78. The minimum atomic E-state index is -4.82. The fraction of sp³-hybridized carbons (Fsp3) is 0.190. The lowest BCUT2D eigenvalue weighted by Gasteiger charge is -2.17. The fourth-order valence-electron chi connectivity index (χ4n) is 2.78. The van der Waals surface area contributed by atoms with Gasteiger partial charge in [0.2, 0.25) is 0 Å². The normalized spacial score (nSPS) is 22.3. The van der Waals surface area contributed by atoms with Crippen LogP contribution in [0.3, 0.4) is 0 Å². The van der Waals surface area contributed by atoms with Crippen LogP contribution in [0.4, 0.5) is 32.0 Å². The molecule has 6 nitrogen and oxygen atoms in total. The first-order valence-corrected chi connectivity index (χ1v) is 9.45. The molecule has 33 heavy (non-hydrogen) atoms. The summed E-state index contributed by atoms with van der Waals surface area (Å²) in [7, 11) is 0. The van der Waals surface area contributed by atoms with Crippen LogP contribution in [0.5, 0.6) is 5.75 Å². The Labute approximate surface area is 184 Å². The average molecular weight is 469 g/mol. The molecule has 0 spiro atoms. The molecule has 1 aliphatic heterocycles. The number of allylic oxidation sites excluding steroid dienone is 6. The molecule has 0 unspecified atom stereocenters. The van der Waals surface area contributed by atoms with Crippen molar-refractivity contribution in [1.82, 2.24) is 5.32 Å². The Morgan fingerprint density at radius 2 is 1.79 bits per heavy atom. The van der Waals surface area contributed by atoms with E-state index in [4.69, 9.17) is 5.41 Å². The largest absolute Gasteiger partial charge is 0.573 e. The third-order valence-electron chi connectivity index (χ3n) is 4.29. The van der Waals surface area contributed by atoms with E-state index in [2.05, 4.69) is 25.4 Å². The SMILES string of the molecule is N=C1N=CN=C(Nc2ccc(OC(F)(F)F)cc2)/C1=C/N/C1=C/C(C(F)(F)F)=C\C=C/CC1. The molecule has 0 bridgehead atoms. The molecule has 1 aliphatic carbocycles. The number of amidine groups is 2. The smallest absolute Gasteiger partial charge is 0.406 e. The number of alkyl halides is 6. The Kier molecular flexibility index (Phi) is 7.04. The zero-order chi connectivity index (χ0) is 24.1. The highest BCUT2D eigenvalue weighted by atomic mass is 19.4. The molecule has 0 radical (unpaired) electrons. The van der Waals surface area contributed by atoms with E-state index in [1.807, 2.05) is 0 Å². The van der Waals surface area contributed by atoms with Crippen molar-refractivity contribution in [3.8, 4) is 5.75 Å². The van der Waals surface area contributed by atoms with Crippen molar-refractivity contribution >= 4 is 23.7 Å². The molecule has 1 aromatic carbocycles. The Morgan fingerprint density at radius 1 is 1.06 bits per heavy atom. The van der Waals surface area contributed by atoms with Gasteiger partial charge in [-0.3, -0.25) is 5.41 Å². The molecule has 1 aromatic rings. The molecule has 0 amide bonds. The number of hydrogen-bond donors (Lipinski definition) is 3. The first-order chi connectivity index (χ1) is 15.5. The van der Waals surface area contributed by atoms with Gasteiger partial charge in [-0.2, -0.15) is 13.2 Å². The van der Waals surface area contributed by atoms with Crippen molar-refractivity contribution in [3.05, 3.63) is 71.6 Å². The molecule has 0 aromatic heterocycles. The van der Waals surface area contributed by atoms with Gasteiger partial charge in [0, 0.05) is 17.6 Å². The van der Waals surface area contributed by atoms with E-state index in [0.29, 0.717) is 18.5 Å². The van der Waals surface area contributed by atoms with Crippen LogP contribution in [-0.4, -0.2) is 30.5 Å². The topological polar surface area (TPSA) is 81.9 Å². The van der Waals surface area contributed by atoms with Crippen LogP contribution in [0.25, 0.3) is 0 Å². The zero-order valence-electron chi connectivity index (χ0n) is 16.8. The lowest BCUT2D eigenvalue weighted by atomic mass is 10.1. The molecule has 1 heterocycles. The number of ether oxygens (including phenoxy) is 1. The lowest BCUT2D eigenvalue weighted by Crippen LogP contribution is -2.25. The molecule has 0 saturated carbocycles. The van der Waals surface area contributed by atoms with Gasteiger partial charge in [0.1, 0.15) is 17.9 Å². The maximum atomic E-state index is 13.2. The maximum absolute atomic E-state index is 13.2. The number of nitrogens with one attached hydrogen (secondary N) is 3. The van der Waals surface area contributed by atoms with Gasteiger partial charge < -0.3 is 15.4 Å². The van der Waals surface area contributed by atoms with E-state index in [1.54, 1.807) is 6.08 Å². The summed E-state index contributed by atoms with van der Waals surface area (Å²) in [5.41, 5.74) is -0.0749. The van der Waals surface area contributed by atoms with E-state index < -0.39 is 23.9 Å². The molecule has 2 aliphatic rings. The summed E-state index contributed by atoms with van der Waals surface area (Å²) >= 11 is 0. The number of halogens is 6. The number of aliphatic imine (C=N–C) groups is 2. The summed E-state index contributed by atoms with van der Waals surface area (Å²) in [4.78, 5) is 7.79. The summed E-state index contributed by atoms with van der Waals surface area (Å²) in [6.45, 7) is 0. The van der Waals surface area contributed by atoms with Crippen molar-refractivity contribution in [2.75, 3.05) is 5.32 Å². The van der Waals surface area contributed by atoms with Gasteiger partial charge in [-0.05, 0) is 43.2 Å². The van der Waals surface area contributed by atoms with E-state index in [1.165, 1.54) is 24.4 Å². The zero-order valence-corrected chi connectivity index (χ0v) is 16.8. The molecular weight excluding hydrogens is 452 g/mol. The first-order valence-electron chi connectivity index (χ1n) is 9.45. The van der Waals surface area contributed by atoms with Crippen molar-refractivity contribution in [2.45, 2.75) is 25.4 Å². The average Bonchev–Trinajstić information content (AvgIpc) is 2.68. The highest BCUT2D eigenvalue weighted by molar-refractivity contribution is 6.30. The second-order valence-electron chi connectivity index (χ2n) is 6.73. The van der Waals surface area contributed by atoms with Crippen molar-refractivity contribution < 1.29 is 31.1 Å². The monoisotopic (exact) mass is 469 g/mol. The minimum Gasteiger partial charge on any atom is -0.406 e.